The molecule has 0 aliphatic carbocycles. The number of carbonyl (C=O) groups is 2. The third-order valence-corrected chi connectivity index (χ3v) is 14.3. The summed E-state index contributed by atoms with van der Waals surface area (Å²) in [5.74, 6) is -0.103. The molecule has 0 saturated heterocycles. The topological polar surface area (TPSA) is 95.9 Å². The molecule has 2 unspecified atom stereocenters. The van der Waals surface area contributed by atoms with Crippen molar-refractivity contribution in [2.24, 2.45) is 0 Å². The van der Waals surface area contributed by atoms with E-state index in [9.17, 15) is 19.8 Å². The van der Waals surface area contributed by atoms with Gasteiger partial charge in [0.1, 0.15) is 0 Å². The number of rotatable bonds is 58. The largest absolute Gasteiger partial charge is 0.466 e. The average Bonchev–Trinajstić information content (AvgIpc) is 3.37. The lowest BCUT2D eigenvalue weighted by Crippen LogP contribution is -2.45. The Balaban J connectivity index is 3.50. The number of allylic oxidation sites excluding steroid dienone is 7. The first-order chi connectivity index (χ1) is 35.0. The summed E-state index contributed by atoms with van der Waals surface area (Å²) in [5.41, 5.74) is 0. The molecule has 6 nitrogen and oxygen atoms in total. The third-order valence-electron chi connectivity index (χ3n) is 14.3. The van der Waals surface area contributed by atoms with Gasteiger partial charge in [0.25, 0.3) is 0 Å². The van der Waals surface area contributed by atoms with Crippen molar-refractivity contribution in [2.75, 3.05) is 13.2 Å². The molecule has 1 amide bonds. The van der Waals surface area contributed by atoms with Gasteiger partial charge in [0.2, 0.25) is 5.91 Å². The molecule has 0 fully saturated rings. The summed E-state index contributed by atoms with van der Waals surface area (Å²) in [7, 11) is 0. The second kappa shape index (κ2) is 60.4. The van der Waals surface area contributed by atoms with E-state index < -0.39 is 12.1 Å². The number of aliphatic hydroxyl groups excluding tert-OH is 2. The normalized spacial score (nSPS) is 12.9. The summed E-state index contributed by atoms with van der Waals surface area (Å²) >= 11 is 0. The molecule has 6 heteroatoms. The second-order valence-corrected chi connectivity index (χ2v) is 21.4. The van der Waals surface area contributed by atoms with Crippen LogP contribution < -0.4 is 5.32 Å². The van der Waals surface area contributed by atoms with E-state index in [2.05, 4.69) is 55.6 Å². The van der Waals surface area contributed by atoms with Crippen molar-refractivity contribution in [2.45, 2.75) is 341 Å². The molecule has 0 heterocycles. The summed E-state index contributed by atoms with van der Waals surface area (Å²) in [4.78, 5) is 24.5. The monoisotopic (exact) mass is 996 g/mol. The summed E-state index contributed by atoms with van der Waals surface area (Å²) in [6.07, 6.45) is 77.2. The van der Waals surface area contributed by atoms with Crippen molar-refractivity contribution in [3.05, 3.63) is 48.6 Å². The van der Waals surface area contributed by atoms with Crippen LogP contribution in [-0.2, 0) is 14.3 Å². The van der Waals surface area contributed by atoms with Crippen LogP contribution in [-0.4, -0.2) is 47.4 Å². The molecule has 0 aromatic carbocycles. The van der Waals surface area contributed by atoms with Crippen molar-refractivity contribution >= 4 is 11.9 Å². The summed E-state index contributed by atoms with van der Waals surface area (Å²) in [5, 5.41) is 23.2. The SMILES string of the molecule is CCC/C=C\C/C=C\CCCCCCCC(=O)OCCCCCCCCC/C=C\CCCCCCCC(=O)NC(CO)C(O)/C=C/CCCCCCCCCCCCCCCCCCCCCCCCC. The van der Waals surface area contributed by atoms with Gasteiger partial charge in [0.05, 0.1) is 25.4 Å². The van der Waals surface area contributed by atoms with Crippen LogP contribution in [0.3, 0.4) is 0 Å². The van der Waals surface area contributed by atoms with Gasteiger partial charge in [-0.1, -0.05) is 281 Å². The molecule has 0 saturated carbocycles. The lowest BCUT2D eigenvalue weighted by molar-refractivity contribution is -0.143. The summed E-state index contributed by atoms with van der Waals surface area (Å²) < 4.78 is 5.45. The van der Waals surface area contributed by atoms with Gasteiger partial charge in [-0.3, -0.25) is 9.59 Å². The van der Waals surface area contributed by atoms with E-state index in [1.54, 1.807) is 6.08 Å². The van der Waals surface area contributed by atoms with Crippen molar-refractivity contribution < 1.29 is 24.5 Å². The van der Waals surface area contributed by atoms with E-state index in [1.807, 2.05) is 6.08 Å². The fraction of sp³-hybridized carbons (Fsp3) is 0.846. The van der Waals surface area contributed by atoms with Gasteiger partial charge in [0, 0.05) is 12.8 Å². The maximum absolute atomic E-state index is 12.5. The molecular weight excluding hydrogens is 875 g/mol. The number of ether oxygens (including phenoxy) is 1. The zero-order valence-corrected chi connectivity index (χ0v) is 47.5. The van der Waals surface area contributed by atoms with Gasteiger partial charge in [-0.25, -0.2) is 0 Å². The highest BCUT2D eigenvalue weighted by molar-refractivity contribution is 5.76. The number of unbranched alkanes of at least 4 members (excludes halogenated alkanes) is 41. The molecule has 2 atom stereocenters. The first kappa shape index (κ1) is 68.8. The smallest absolute Gasteiger partial charge is 0.305 e. The van der Waals surface area contributed by atoms with Gasteiger partial charge >= 0.3 is 5.97 Å². The Kier molecular flexibility index (Phi) is 58.5. The minimum Gasteiger partial charge on any atom is -0.466 e. The number of carbonyl (C=O) groups excluding carboxylic acids is 2. The molecule has 0 aromatic rings. The van der Waals surface area contributed by atoms with Crippen molar-refractivity contribution in [1.82, 2.24) is 5.32 Å². The van der Waals surface area contributed by atoms with E-state index in [-0.39, 0.29) is 18.5 Å². The number of esters is 1. The fourth-order valence-electron chi connectivity index (χ4n) is 9.49. The van der Waals surface area contributed by atoms with E-state index in [1.165, 1.54) is 225 Å². The fourth-order valence-corrected chi connectivity index (χ4v) is 9.49. The Bertz CT molecular complexity index is 1190. The van der Waals surface area contributed by atoms with Crippen molar-refractivity contribution in [1.29, 1.82) is 0 Å². The van der Waals surface area contributed by atoms with Crippen LogP contribution in [0.1, 0.15) is 328 Å². The lowest BCUT2D eigenvalue weighted by atomic mass is 10.0. The van der Waals surface area contributed by atoms with E-state index in [0.29, 0.717) is 19.4 Å². The third kappa shape index (κ3) is 57.0. The molecular formula is C65H121NO5. The van der Waals surface area contributed by atoms with Gasteiger partial charge in [0.15, 0.2) is 0 Å². The highest BCUT2D eigenvalue weighted by atomic mass is 16.5. The van der Waals surface area contributed by atoms with Gasteiger partial charge in [-0.2, -0.15) is 0 Å². The van der Waals surface area contributed by atoms with E-state index >= 15 is 0 Å². The highest BCUT2D eigenvalue weighted by Gasteiger charge is 2.18. The lowest BCUT2D eigenvalue weighted by Gasteiger charge is -2.20. The molecule has 0 bridgehead atoms. The molecule has 0 rings (SSSR count). The quantitative estimate of drug-likeness (QED) is 0.0321. The van der Waals surface area contributed by atoms with Crippen molar-refractivity contribution in [3.63, 3.8) is 0 Å². The van der Waals surface area contributed by atoms with Gasteiger partial charge in [-0.15, -0.1) is 0 Å². The minimum absolute atomic E-state index is 0.0192. The number of aliphatic hydroxyl groups is 2. The Labute approximate surface area is 442 Å². The highest BCUT2D eigenvalue weighted by Crippen LogP contribution is 2.17. The first-order valence-electron chi connectivity index (χ1n) is 31.4. The Hall–Kier alpha value is -2.18. The number of nitrogens with one attached hydrogen (secondary N) is 1. The second-order valence-electron chi connectivity index (χ2n) is 21.4. The zero-order valence-electron chi connectivity index (χ0n) is 47.5. The van der Waals surface area contributed by atoms with Gasteiger partial charge < -0.3 is 20.3 Å². The Morgan fingerprint density at radius 2 is 0.732 bits per heavy atom. The molecule has 0 radical (unpaired) electrons. The van der Waals surface area contributed by atoms with Crippen LogP contribution in [0.4, 0.5) is 0 Å². The van der Waals surface area contributed by atoms with Crippen LogP contribution in [0.5, 0.6) is 0 Å². The summed E-state index contributed by atoms with van der Waals surface area (Å²) in [6, 6.07) is -0.643. The Morgan fingerprint density at radius 1 is 0.394 bits per heavy atom. The van der Waals surface area contributed by atoms with Crippen LogP contribution in [0.2, 0.25) is 0 Å². The molecule has 3 N–H and O–H groups in total. The number of hydrogen-bond acceptors (Lipinski definition) is 5. The first-order valence-corrected chi connectivity index (χ1v) is 31.4. The molecule has 416 valence electrons. The number of hydrogen-bond donors (Lipinski definition) is 3. The number of amides is 1. The molecule has 0 spiro atoms. The van der Waals surface area contributed by atoms with Crippen LogP contribution >= 0.6 is 0 Å². The zero-order chi connectivity index (χ0) is 51.4. The maximum Gasteiger partial charge on any atom is 0.305 e. The Morgan fingerprint density at radius 3 is 1.14 bits per heavy atom. The summed E-state index contributed by atoms with van der Waals surface area (Å²) in [6.45, 7) is 4.82. The van der Waals surface area contributed by atoms with Crippen LogP contribution in [0.15, 0.2) is 48.6 Å². The molecule has 0 aliphatic heterocycles. The average molecular weight is 997 g/mol. The predicted molar refractivity (Wildman–Crippen MR) is 310 cm³/mol. The van der Waals surface area contributed by atoms with Crippen molar-refractivity contribution in [3.8, 4) is 0 Å². The minimum atomic E-state index is -0.858. The standard InChI is InChI=1S/C65H121NO5/c1-3-5-7-9-11-13-15-17-18-19-20-21-22-23-24-25-26-27-30-34-37-41-45-49-53-57-63(68)62(61-67)66-64(69)58-54-50-46-42-38-35-31-28-29-32-36-40-44-48-52-56-60-71-65(70)59-55-51-47-43-39-33-16-14-12-10-8-6-4-2/h8,10,14,16,28,31,53,57,62-63,67-68H,3-7,9,11-13,15,17-27,29-30,32-52,54-56,58-61H2,1-2H3,(H,66,69)/b10-8-,16-14-,31-28-,57-53+. The molecule has 71 heavy (non-hydrogen) atoms. The molecule has 0 aliphatic rings. The van der Waals surface area contributed by atoms with E-state index in [0.717, 1.165) is 77.0 Å². The van der Waals surface area contributed by atoms with Gasteiger partial charge in [-0.05, 0) is 83.5 Å². The van der Waals surface area contributed by atoms with Crippen LogP contribution in [0.25, 0.3) is 0 Å². The van der Waals surface area contributed by atoms with Crippen LogP contribution in [0, 0.1) is 0 Å². The van der Waals surface area contributed by atoms with E-state index in [4.69, 9.17) is 4.74 Å². The molecule has 0 aromatic heterocycles. The maximum atomic E-state index is 12.5. The predicted octanol–water partition coefficient (Wildman–Crippen LogP) is 19.7.